The van der Waals surface area contributed by atoms with Gasteiger partial charge in [-0.1, -0.05) is 12.1 Å². The predicted molar refractivity (Wildman–Crippen MR) is 65.5 cm³/mol. The second-order valence-electron chi connectivity index (χ2n) is 3.44. The van der Waals surface area contributed by atoms with Crippen LogP contribution in [0.15, 0.2) is 39.9 Å². The van der Waals surface area contributed by atoms with E-state index in [-0.39, 0.29) is 9.96 Å². The number of benzene rings is 1. The molecule has 1 unspecified atom stereocenters. The lowest BCUT2D eigenvalue weighted by Crippen LogP contribution is -2.16. The Labute approximate surface area is 112 Å². The van der Waals surface area contributed by atoms with Crippen LogP contribution in [0.1, 0.15) is 0 Å². The summed E-state index contributed by atoms with van der Waals surface area (Å²) in [6.45, 7) is 0. The SMILES string of the molecule is O=S(O)c1sccc1-c1ccc(OC(F)(F)F)cc1. The lowest BCUT2D eigenvalue weighted by atomic mass is 10.1. The summed E-state index contributed by atoms with van der Waals surface area (Å²) in [6.07, 6.45) is -4.73. The van der Waals surface area contributed by atoms with Gasteiger partial charge in [0.2, 0.25) is 0 Å². The summed E-state index contributed by atoms with van der Waals surface area (Å²) in [6, 6.07) is 6.75. The van der Waals surface area contributed by atoms with Gasteiger partial charge in [0.15, 0.2) is 11.1 Å². The van der Waals surface area contributed by atoms with Crippen molar-refractivity contribution >= 4 is 22.4 Å². The van der Waals surface area contributed by atoms with Crippen LogP contribution in [0.2, 0.25) is 0 Å². The molecule has 0 saturated carbocycles. The topological polar surface area (TPSA) is 46.5 Å². The van der Waals surface area contributed by atoms with Crippen LogP contribution in [0, 0.1) is 0 Å². The van der Waals surface area contributed by atoms with E-state index in [2.05, 4.69) is 4.74 Å². The second-order valence-corrected chi connectivity index (χ2v) is 5.52. The molecule has 0 saturated heterocycles. The average molecular weight is 308 g/mol. The molecule has 0 amide bonds. The molecule has 3 nitrogen and oxygen atoms in total. The number of hydrogen-bond acceptors (Lipinski definition) is 3. The number of rotatable bonds is 3. The summed E-state index contributed by atoms with van der Waals surface area (Å²) in [5.41, 5.74) is 1.07. The highest BCUT2D eigenvalue weighted by Gasteiger charge is 2.31. The first kappa shape index (κ1) is 14.0. The molecule has 1 aromatic carbocycles. The zero-order valence-corrected chi connectivity index (χ0v) is 10.8. The minimum absolute atomic E-state index is 0.254. The molecular formula is C11H7F3O3S2. The highest BCUT2D eigenvalue weighted by atomic mass is 32.2. The molecule has 0 aliphatic rings. The number of ether oxygens (including phenoxy) is 1. The van der Waals surface area contributed by atoms with Gasteiger partial charge in [0.1, 0.15) is 9.96 Å². The van der Waals surface area contributed by atoms with E-state index in [0.29, 0.717) is 11.1 Å². The van der Waals surface area contributed by atoms with Gasteiger partial charge in [-0.3, -0.25) is 0 Å². The van der Waals surface area contributed by atoms with E-state index in [1.807, 2.05) is 0 Å². The van der Waals surface area contributed by atoms with E-state index < -0.39 is 17.4 Å². The third-order valence-corrected chi connectivity index (χ3v) is 4.15. The molecule has 2 aromatic rings. The maximum Gasteiger partial charge on any atom is 0.573 e. The first-order valence-corrected chi connectivity index (χ1v) is 6.90. The average Bonchev–Trinajstić information content (AvgIpc) is 2.76. The summed E-state index contributed by atoms with van der Waals surface area (Å²) < 4.78 is 60.1. The predicted octanol–water partition coefficient (Wildman–Crippen LogP) is 3.89. The van der Waals surface area contributed by atoms with Gasteiger partial charge in [0, 0.05) is 5.56 Å². The Bertz CT molecular complexity index is 590. The number of thiophene rings is 1. The fourth-order valence-corrected chi connectivity index (χ4v) is 2.99. The fourth-order valence-electron chi connectivity index (χ4n) is 1.48. The lowest BCUT2D eigenvalue weighted by Gasteiger charge is -2.09. The van der Waals surface area contributed by atoms with Gasteiger partial charge < -0.3 is 9.29 Å². The lowest BCUT2D eigenvalue weighted by molar-refractivity contribution is -0.274. The van der Waals surface area contributed by atoms with Crippen LogP contribution < -0.4 is 4.74 Å². The van der Waals surface area contributed by atoms with Gasteiger partial charge in [0.25, 0.3) is 0 Å². The maximum atomic E-state index is 12.0. The van der Waals surface area contributed by atoms with Crippen molar-refractivity contribution in [2.75, 3.05) is 0 Å². The fraction of sp³-hybridized carbons (Fsp3) is 0.0909. The van der Waals surface area contributed by atoms with E-state index in [0.717, 1.165) is 23.5 Å². The molecule has 8 heteroatoms. The van der Waals surface area contributed by atoms with Gasteiger partial charge in [-0.25, -0.2) is 4.21 Å². The standard InChI is InChI=1S/C11H7F3O3S2/c12-11(13,14)17-8-3-1-7(2-4-8)9-5-6-18-10(9)19(15)16/h1-6H,(H,15,16). The van der Waals surface area contributed by atoms with Crippen molar-refractivity contribution in [2.24, 2.45) is 0 Å². The molecule has 1 N–H and O–H groups in total. The molecule has 2 rings (SSSR count). The number of halogens is 3. The summed E-state index contributed by atoms with van der Waals surface area (Å²) >= 11 is -1.02. The zero-order valence-electron chi connectivity index (χ0n) is 9.18. The molecule has 1 aromatic heterocycles. The van der Waals surface area contributed by atoms with Crippen LogP contribution in [0.25, 0.3) is 11.1 Å². The molecule has 1 atom stereocenters. The van der Waals surface area contributed by atoms with Crippen LogP contribution in [-0.4, -0.2) is 15.1 Å². The highest BCUT2D eigenvalue weighted by molar-refractivity contribution is 7.82. The minimum Gasteiger partial charge on any atom is -0.406 e. The van der Waals surface area contributed by atoms with Crippen molar-refractivity contribution in [3.05, 3.63) is 35.7 Å². The Morgan fingerprint density at radius 2 is 1.79 bits per heavy atom. The van der Waals surface area contributed by atoms with E-state index >= 15 is 0 Å². The molecule has 0 aliphatic heterocycles. The second kappa shape index (κ2) is 5.32. The largest absolute Gasteiger partial charge is 0.573 e. The molecule has 1 heterocycles. The van der Waals surface area contributed by atoms with E-state index in [9.17, 15) is 17.4 Å². The van der Waals surface area contributed by atoms with Crippen molar-refractivity contribution in [3.8, 4) is 16.9 Å². The van der Waals surface area contributed by atoms with Crippen molar-refractivity contribution in [2.45, 2.75) is 10.6 Å². The Kier molecular flexibility index (Phi) is 3.93. The van der Waals surface area contributed by atoms with E-state index in [4.69, 9.17) is 4.55 Å². The molecule has 19 heavy (non-hydrogen) atoms. The number of alkyl halides is 3. The molecule has 0 spiro atoms. The first-order valence-electron chi connectivity index (χ1n) is 4.91. The van der Waals surface area contributed by atoms with Crippen molar-refractivity contribution in [3.63, 3.8) is 0 Å². The number of hydrogen-bond donors (Lipinski definition) is 1. The van der Waals surface area contributed by atoms with Crippen molar-refractivity contribution < 1.29 is 26.7 Å². The quantitative estimate of drug-likeness (QED) is 0.875. The van der Waals surface area contributed by atoms with E-state index in [1.54, 1.807) is 11.4 Å². The van der Waals surface area contributed by atoms with Crippen LogP contribution in [0.4, 0.5) is 13.2 Å². The molecule has 0 fully saturated rings. The minimum atomic E-state index is -4.73. The normalized spacial score (nSPS) is 13.3. The third kappa shape index (κ3) is 3.55. The van der Waals surface area contributed by atoms with Crippen molar-refractivity contribution in [1.82, 2.24) is 0 Å². The smallest absolute Gasteiger partial charge is 0.406 e. The van der Waals surface area contributed by atoms with Gasteiger partial charge in [0.05, 0.1) is 0 Å². The van der Waals surface area contributed by atoms with Crippen LogP contribution in [-0.2, 0) is 11.1 Å². The molecule has 0 aliphatic carbocycles. The van der Waals surface area contributed by atoms with E-state index in [1.165, 1.54) is 12.1 Å². The highest BCUT2D eigenvalue weighted by Crippen LogP contribution is 2.32. The van der Waals surface area contributed by atoms with Gasteiger partial charge in [-0.05, 0) is 29.1 Å². The van der Waals surface area contributed by atoms with Gasteiger partial charge in [-0.15, -0.1) is 24.5 Å². The Balaban J connectivity index is 2.28. The van der Waals surface area contributed by atoms with Crippen LogP contribution in [0.5, 0.6) is 5.75 Å². The summed E-state index contributed by atoms with van der Waals surface area (Å²) in [4.78, 5) is 0. The van der Waals surface area contributed by atoms with Crippen molar-refractivity contribution in [1.29, 1.82) is 0 Å². The van der Waals surface area contributed by atoms with Gasteiger partial charge in [-0.2, -0.15) is 0 Å². The summed E-state index contributed by atoms with van der Waals surface area (Å²) in [7, 11) is 0. The first-order chi connectivity index (χ1) is 8.87. The summed E-state index contributed by atoms with van der Waals surface area (Å²) in [5, 5.41) is 1.64. The van der Waals surface area contributed by atoms with Gasteiger partial charge >= 0.3 is 6.36 Å². The zero-order chi connectivity index (χ0) is 14.0. The van der Waals surface area contributed by atoms with Crippen LogP contribution in [0.3, 0.4) is 0 Å². The third-order valence-electron chi connectivity index (χ3n) is 2.19. The Morgan fingerprint density at radius 1 is 1.16 bits per heavy atom. The molecular weight excluding hydrogens is 301 g/mol. The Morgan fingerprint density at radius 3 is 2.32 bits per heavy atom. The maximum absolute atomic E-state index is 12.0. The monoisotopic (exact) mass is 308 g/mol. The molecule has 0 bridgehead atoms. The molecule has 102 valence electrons. The Hall–Kier alpha value is -1.38. The molecule has 0 radical (unpaired) electrons. The van der Waals surface area contributed by atoms with Crippen LogP contribution >= 0.6 is 11.3 Å². The summed E-state index contributed by atoms with van der Waals surface area (Å²) in [5.74, 6) is -0.335.